The normalized spacial score (nSPS) is 12.1. The van der Waals surface area contributed by atoms with Gasteiger partial charge < -0.3 is 5.32 Å². The van der Waals surface area contributed by atoms with Crippen molar-refractivity contribution in [2.75, 3.05) is 0 Å². The van der Waals surface area contributed by atoms with E-state index in [1.807, 2.05) is 42.6 Å². The molecule has 0 fully saturated rings. The molecule has 1 heterocycles. The second-order valence-electron chi connectivity index (χ2n) is 4.56. The number of thiazole rings is 1. The van der Waals surface area contributed by atoms with Crippen LogP contribution in [0.4, 0.5) is 0 Å². The number of carbonyl (C=O) groups is 1. The third-order valence-electron chi connectivity index (χ3n) is 2.93. The topological polar surface area (TPSA) is 42.0 Å². The highest BCUT2D eigenvalue weighted by atomic mass is 32.1. The Labute approximate surface area is 117 Å². The van der Waals surface area contributed by atoms with E-state index in [2.05, 4.69) is 17.2 Å². The predicted octanol–water partition coefficient (Wildman–Crippen LogP) is 3.27. The van der Waals surface area contributed by atoms with E-state index < -0.39 is 0 Å². The van der Waals surface area contributed by atoms with Crippen LogP contribution in [0, 0.1) is 0 Å². The van der Waals surface area contributed by atoms with E-state index in [4.69, 9.17) is 0 Å². The van der Waals surface area contributed by atoms with Gasteiger partial charge in [-0.3, -0.25) is 4.79 Å². The summed E-state index contributed by atoms with van der Waals surface area (Å²) in [6.45, 7) is 4.07. The number of nitrogens with zero attached hydrogens (tertiary/aromatic N) is 1. The molecular weight excluding hydrogens is 256 g/mol. The van der Waals surface area contributed by atoms with Crippen LogP contribution in [-0.4, -0.2) is 16.9 Å². The summed E-state index contributed by atoms with van der Waals surface area (Å²) >= 11 is 1.58. The molecular formula is C15H18N2OS. The molecule has 0 aliphatic rings. The maximum Gasteiger partial charge on any atom is 0.226 e. The summed E-state index contributed by atoms with van der Waals surface area (Å²) in [5, 5.41) is 5.87. The SMILES string of the molecule is CC[C@@H](C)NC(=O)Cc1csc(-c2ccccc2)n1. The Hall–Kier alpha value is -1.68. The minimum Gasteiger partial charge on any atom is -0.353 e. The second kappa shape index (κ2) is 6.48. The molecule has 1 N–H and O–H groups in total. The summed E-state index contributed by atoms with van der Waals surface area (Å²) in [5.41, 5.74) is 1.94. The summed E-state index contributed by atoms with van der Waals surface area (Å²) in [5.74, 6) is 0.0410. The summed E-state index contributed by atoms with van der Waals surface area (Å²) in [6, 6.07) is 10.2. The van der Waals surface area contributed by atoms with Gasteiger partial charge in [0.2, 0.25) is 5.91 Å². The minimum atomic E-state index is 0.0410. The third-order valence-corrected chi connectivity index (χ3v) is 3.87. The zero-order valence-electron chi connectivity index (χ0n) is 11.2. The Bertz CT molecular complexity index is 536. The van der Waals surface area contributed by atoms with Crippen LogP contribution in [0.15, 0.2) is 35.7 Å². The molecule has 4 heteroatoms. The van der Waals surface area contributed by atoms with Crippen LogP contribution in [0.3, 0.4) is 0 Å². The molecule has 2 aromatic rings. The fraction of sp³-hybridized carbons (Fsp3) is 0.333. The van der Waals surface area contributed by atoms with Gasteiger partial charge in [-0.05, 0) is 13.3 Å². The monoisotopic (exact) mass is 274 g/mol. The Morgan fingerprint density at radius 2 is 2.11 bits per heavy atom. The molecule has 0 aliphatic carbocycles. The van der Waals surface area contributed by atoms with E-state index in [0.29, 0.717) is 6.42 Å². The van der Waals surface area contributed by atoms with Crippen molar-refractivity contribution >= 4 is 17.2 Å². The number of rotatable bonds is 5. The lowest BCUT2D eigenvalue weighted by atomic mass is 10.2. The highest BCUT2D eigenvalue weighted by Crippen LogP contribution is 2.23. The van der Waals surface area contributed by atoms with Crippen molar-refractivity contribution in [1.29, 1.82) is 0 Å². The molecule has 19 heavy (non-hydrogen) atoms. The van der Waals surface area contributed by atoms with E-state index in [-0.39, 0.29) is 11.9 Å². The largest absolute Gasteiger partial charge is 0.353 e. The first kappa shape index (κ1) is 13.7. The van der Waals surface area contributed by atoms with Crippen LogP contribution in [0.5, 0.6) is 0 Å². The molecule has 2 rings (SSSR count). The molecule has 1 aromatic heterocycles. The Balaban J connectivity index is 2.00. The van der Waals surface area contributed by atoms with Gasteiger partial charge in [-0.2, -0.15) is 0 Å². The van der Waals surface area contributed by atoms with Gasteiger partial charge in [-0.1, -0.05) is 37.3 Å². The average Bonchev–Trinajstić information content (AvgIpc) is 2.88. The molecule has 0 radical (unpaired) electrons. The van der Waals surface area contributed by atoms with Gasteiger partial charge in [0.1, 0.15) is 5.01 Å². The molecule has 100 valence electrons. The number of benzene rings is 1. The van der Waals surface area contributed by atoms with E-state index in [1.165, 1.54) is 0 Å². The van der Waals surface area contributed by atoms with Gasteiger partial charge in [0.05, 0.1) is 12.1 Å². The molecule has 0 bridgehead atoms. The number of hydrogen-bond donors (Lipinski definition) is 1. The highest BCUT2D eigenvalue weighted by molar-refractivity contribution is 7.13. The van der Waals surface area contributed by atoms with Gasteiger partial charge >= 0.3 is 0 Å². The van der Waals surface area contributed by atoms with Crippen LogP contribution >= 0.6 is 11.3 Å². The van der Waals surface area contributed by atoms with Crippen LogP contribution in [0.1, 0.15) is 26.0 Å². The summed E-state index contributed by atoms with van der Waals surface area (Å²) in [4.78, 5) is 16.3. The first-order chi connectivity index (χ1) is 9.19. The van der Waals surface area contributed by atoms with Crippen LogP contribution < -0.4 is 5.32 Å². The first-order valence-corrected chi connectivity index (χ1v) is 7.36. The molecule has 1 atom stereocenters. The molecule has 1 amide bonds. The number of aromatic nitrogens is 1. The fourth-order valence-electron chi connectivity index (χ4n) is 1.69. The van der Waals surface area contributed by atoms with E-state index in [0.717, 1.165) is 22.7 Å². The predicted molar refractivity (Wildman–Crippen MR) is 79.1 cm³/mol. The molecule has 0 spiro atoms. The van der Waals surface area contributed by atoms with Crippen molar-refractivity contribution in [2.45, 2.75) is 32.7 Å². The number of amides is 1. The lowest BCUT2D eigenvalue weighted by Gasteiger charge is -2.10. The molecule has 1 aromatic carbocycles. The summed E-state index contributed by atoms with van der Waals surface area (Å²) in [6.07, 6.45) is 1.30. The zero-order chi connectivity index (χ0) is 13.7. The van der Waals surface area contributed by atoms with Crippen LogP contribution in [0.2, 0.25) is 0 Å². The van der Waals surface area contributed by atoms with E-state index >= 15 is 0 Å². The Morgan fingerprint density at radius 1 is 1.37 bits per heavy atom. The lowest BCUT2D eigenvalue weighted by Crippen LogP contribution is -2.33. The quantitative estimate of drug-likeness (QED) is 0.909. The Kier molecular flexibility index (Phi) is 4.68. The lowest BCUT2D eigenvalue weighted by molar-refractivity contribution is -0.121. The number of nitrogens with one attached hydrogen (secondary N) is 1. The number of hydrogen-bond acceptors (Lipinski definition) is 3. The fourth-order valence-corrected chi connectivity index (χ4v) is 2.52. The molecule has 0 aliphatic heterocycles. The number of carbonyl (C=O) groups excluding carboxylic acids is 1. The standard InChI is InChI=1S/C15H18N2OS/c1-3-11(2)16-14(18)9-13-10-19-15(17-13)12-7-5-4-6-8-12/h4-8,10-11H,3,9H2,1-2H3,(H,16,18)/t11-/m1/s1. The first-order valence-electron chi connectivity index (χ1n) is 6.48. The van der Waals surface area contributed by atoms with Crippen molar-refractivity contribution < 1.29 is 4.79 Å². The smallest absolute Gasteiger partial charge is 0.226 e. The molecule has 0 saturated heterocycles. The van der Waals surface area contributed by atoms with E-state index in [1.54, 1.807) is 11.3 Å². The summed E-state index contributed by atoms with van der Waals surface area (Å²) in [7, 11) is 0. The molecule has 0 saturated carbocycles. The van der Waals surface area contributed by atoms with Crippen molar-refractivity contribution in [1.82, 2.24) is 10.3 Å². The molecule has 3 nitrogen and oxygen atoms in total. The van der Waals surface area contributed by atoms with Gasteiger partial charge in [0, 0.05) is 17.0 Å². The van der Waals surface area contributed by atoms with E-state index in [9.17, 15) is 4.79 Å². The zero-order valence-corrected chi connectivity index (χ0v) is 12.0. The average molecular weight is 274 g/mol. The van der Waals surface area contributed by atoms with Gasteiger partial charge in [-0.15, -0.1) is 11.3 Å². The third kappa shape index (κ3) is 3.89. The maximum atomic E-state index is 11.8. The minimum absolute atomic E-state index is 0.0410. The maximum absolute atomic E-state index is 11.8. The summed E-state index contributed by atoms with van der Waals surface area (Å²) < 4.78 is 0. The molecule has 0 unspecified atom stereocenters. The van der Waals surface area contributed by atoms with Crippen LogP contribution in [-0.2, 0) is 11.2 Å². The van der Waals surface area contributed by atoms with Crippen molar-refractivity contribution in [2.24, 2.45) is 0 Å². The van der Waals surface area contributed by atoms with Crippen molar-refractivity contribution in [3.8, 4) is 10.6 Å². The Morgan fingerprint density at radius 3 is 2.79 bits per heavy atom. The second-order valence-corrected chi connectivity index (χ2v) is 5.42. The van der Waals surface area contributed by atoms with Crippen molar-refractivity contribution in [3.05, 3.63) is 41.4 Å². The van der Waals surface area contributed by atoms with Gasteiger partial charge in [0.15, 0.2) is 0 Å². The van der Waals surface area contributed by atoms with Crippen LogP contribution in [0.25, 0.3) is 10.6 Å². The van der Waals surface area contributed by atoms with Crippen molar-refractivity contribution in [3.63, 3.8) is 0 Å². The van der Waals surface area contributed by atoms with Gasteiger partial charge in [0.25, 0.3) is 0 Å². The highest BCUT2D eigenvalue weighted by Gasteiger charge is 2.10. The van der Waals surface area contributed by atoms with Gasteiger partial charge in [-0.25, -0.2) is 4.98 Å².